The van der Waals surface area contributed by atoms with E-state index in [9.17, 15) is 18.0 Å². The van der Waals surface area contributed by atoms with E-state index in [1.54, 1.807) is 18.2 Å². The van der Waals surface area contributed by atoms with Gasteiger partial charge >= 0.3 is 0 Å². The van der Waals surface area contributed by atoms with Crippen LogP contribution in [0.5, 0.6) is 11.5 Å². The van der Waals surface area contributed by atoms with Gasteiger partial charge in [-0.05, 0) is 42.3 Å². The van der Waals surface area contributed by atoms with Crippen LogP contribution in [0, 0.1) is 17.5 Å². The van der Waals surface area contributed by atoms with Gasteiger partial charge in [-0.3, -0.25) is 4.79 Å². The lowest BCUT2D eigenvalue weighted by atomic mass is 10.2. The molecule has 1 amide bonds. The van der Waals surface area contributed by atoms with E-state index < -0.39 is 29.0 Å². The summed E-state index contributed by atoms with van der Waals surface area (Å²) in [5, 5.41) is 2.16. The number of unbranched alkanes of at least 4 members (excludes halogenated alkanes) is 1. The topological polar surface area (TPSA) is 47.6 Å². The highest BCUT2D eigenvalue weighted by atomic mass is 19.2. The van der Waals surface area contributed by atoms with Crippen molar-refractivity contribution in [1.29, 1.82) is 0 Å². The summed E-state index contributed by atoms with van der Waals surface area (Å²) in [6.45, 7) is 2.63. The second kappa shape index (κ2) is 9.66. The summed E-state index contributed by atoms with van der Waals surface area (Å²) >= 11 is 0. The van der Waals surface area contributed by atoms with E-state index in [1.165, 1.54) is 13.2 Å². The lowest BCUT2D eigenvalue weighted by molar-refractivity contribution is -0.111. The molecule has 2 aromatic carbocycles. The molecule has 0 saturated carbocycles. The lowest BCUT2D eigenvalue weighted by Gasteiger charge is -2.11. The molecule has 144 valence electrons. The van der Waals surface area contributed by atoms with E-state index in [2.05, 4.69) is 12.2 Å². The summed E-state index contributed by atoms with van der Waals surface area (Å²) in [7, 11) is 1.51. The molecule has 0 aliphatic rings. The zero-order chi connectivity index (χ0) is 19.8. The van der Waals surface area contributed by atoms with Gasteiger partial charge in [-0.1, -0.05) is 19.4 Å². The standard InChI is InChI=1S/C20H20F3NO3/c1-3-4-11-27-16-9-5-13(12-17(16)26-2)6-10-18(25)24-15-8-7-14(21)19(22)20(15)23/h5-10,12H,3-4,11H2,1-2H3,(H,24,25)/b10-6+. The third kappa shape index (κ3) is 5.51. The van der Waals surface area contributed by atoms with E-state index >= 15 is 0 Å². The van der Waals surface area contributed by atoms with Crippen LogP contribution in [-0.4, -0.2) is 19.6 Å². The Morgan fingerprint density at radius 1 is 1.11 bits per heavy atom. The first-order chi connectivity index (χ1) is 13.0. The van der Waals surface area contributed by atoms with Crippen LogP contribution in [0.1, 0.15) is 25.3 Å². The van der Waals surface area contributed by atoms with E-state index in [0.29, 0.717) is 23.7 Å². The molecular formula is C20H20F3NO3. The molecule has 1 N–H and O–H groups in total. The van der Waals surface area contributed by atoms with Crippen LogP contribution in [0.4, 0.5) is 18.9 Å². The van der Waals surface area contributed by atoms with Gasteiger partial charge in [-0.25, -0.2) is 13.2 Å². The van der Waals surface area contributed by atoms with Crippen molar-refractivity contribution in [1.82, 2.24) is 0 Å². The number of halogens is 3. The lowest BCUT2D eigenvalue weighted by Crippen LogP contribution is -2.10. The molecule has 27 heavy (non-hydrogen) atoms. The Balaban J connectivity index is 2.06. The van der Waals surface area contributed by atoms with Gasteiger partial charge in [0.1, 0.15) is 0 Å². The number of methoxy groups -OCH3 is 1. The second-order valence-corrected chi connectivity index (χ2v) is 5.66. The predicted octanol–water partition coefficient (Wildman–Crippen LogP) is 4.94. The molecular weight excluding hydrogens is 359 g/mol. The van der Waals surface area contributed by atoms with Crippen LogP contribution in [0.25, 0.3) is 6.08 Å². The normalized spacial score (nSPS) is 10.9. The van der Waals surface area contributed by atoms with Crippen LogP contribution in [0.2, 0.25) is 0 Å². The molecule has 0 atom stereocenters. The first kappa shape index (κ1) is 20.4. The average Bonchev–Trinajstić information content (AvgIpc) is 2.67. The summed E-state index contributed by atoms with van der Waals surface area (Å²) < 4.78 is 50.6. The highest BCUT2D eigenvalue weighted by Crippen LogP contribution is 2.28. The number of carbonyl (C=O) groups is 1. The largest absolute Gasteiger partial charge is 0.493 e. The van der Waals surface area contributed by atoms with Gasteiger partial charge in [-0.15, -0.1) is 0 Å². The fourth-order valence-corrected chi connectivity index (χ4v) is 2.20. The summed E-state index contributed by atoms with van der Waals surface area (Å²) in [5.74, 6) is -4.00. The molecule has 0 spiro atoms. The minimum absolute atomic E-state index is 0.444. The minimum Gasteiger partial charge on any atom is -0.493 e. The summed E-state index contributed by atoms with van der Waals surface area (Å²) in [5.41, 5.74) is 0.205. The van der Waals surface area contributed by atoms with E-state index in [-0.39, 0.29) is 0 Å². The van der Waals surface area contributed by atoms with Crippen LogP contribution in [0.15, 0.2) is 36.4 Å². The van der Waals surface area contributed by atoms with Gasteiger partial charge in [0.25, 0.3) is 0 Å². The van der Waals surface area contributed by atoms with Crippen molar-refractivity contribution >= 4 is 17.7 Å². The highest BCUT2D eigenvalue weighted by Gasteiger charge is 2.14. The summed E-state index contributed by atoms with van der Waals surface area (Å²) in [4.78, 5) is 11.9. The second-order valence-electron chi connectivity index (χ2n) is 5.66. The molecule has 2 aromatic rings. The Hall–Kier alpha value is -2.96. The van der Waals surface area contributed by atoms with Crippen molar-refractivity contribution in [3.05, 3.63) is 59.4 Å². The maximum atomic E-state index is 13.6. The van der Waals surface area contributed by atoms with Gasteiger partial charge in [0.15, 0.2) is 29.0 Å². The third-order valence-corrected chi connectivity index (χ3v) is 3.66. The third-order valence-electron chi connectivity index (χ3n) is 3.66. The minimum atomic E-state index is -1.64. The number of ether oxygens (including phenoxy) is 2. The highest BCUT2D eigenvalue weighted by molar-refractivity contribution is 6.02. The summed E-state index contributed by atoms with van der Waals surface area (Å²) in [6.07, 6.45) is 4.56. The first-order valence-corrected chi connectivity index (χ1v) is 8.39. The SMILES string of the molecule is CCCCOc1ccc(/C=C/C(=O)Nc2ccc(F)c(F)c2F)cc1OC. The maximum absolute atomic E-state index is 13.6. The predicted molar refractivity (Wildman–Crippen MR) is 97.4 cm³/mol. The molecule has 2 rings (SSSR count). The van der Waals surface area contributed by atoms with Gasteiger partial charge in [0, 0.05) is 6.08 Å². The van der Waals surface area contributed by atoms with Gasteiger partial charge in [0.05, 0.1) is 19.4 Å². The zero-order valence-corrected chi connectivity index (χ0v) is 15.0. The molecule has 0 heterocycles. The molecule has 0 saturated heterocycles. The smallest absolute Gasteiger partial charge is 0.248 e. The molecule has 0 radical (unpaired) electrons. The Morgan fingerprint density at radius 2 is 1.89 bits per heavy atom. The first-order valence-electron chi connectivity index (χ1n) is 8.39. The number of carbonyl (C=O) groups excluding carboxylic acids is 1. The van der Waals surface area contributed by atoms with Crippen molar-refractivity contribution in [3.8, 4) is 11.5 Å². The zero-order valence-electron chi connectivity index (χ0n) is 15.0. The van der Waals surface area contributed by atoms with Gasteiger partial charge in [0.2, 0.25) is 5.91 Å². The maximum Gasteiger partial charge on any atom is 0.248 e. The summed E-state index contributed by atoms with van der Waals surface area (Å²) in [6, 6.07) is 6.82. The number of hydrogen-bond donors (Lipinski definition) is 1. The number of amides is 1. The van der Waals surface area contributed by atoms with Crippen molar-refractivity contribution in [3.63, 3.8) is 0 Å². The molecule has 0 fully saturated rings. The van der Waals surface area contributed by atoms with Crippen molar-refractivity contribution < 1.29 is 27.4 Å². The van der Waals surface area contributed by atoms with Crippen LogP contribution >= 0.6 is 0 Å². The average molecular weight is 379 g/mol. The molecule has 4 nitrogen and oxygen atoms in total. The van der Waals surface area contributed by atoms with E-state index in [0.717, 1.165) is 31.1 Å². The van der Waals surface area contributed by atoms with Gasteiger partial charge in [-0.2, -0.15) is 0 Å². The van der Waals surface area contributed by atoms with Crippen molar-refractivity contribution in [2.24, 2.45) is 0 Å². The van der Waals surface area contributed by atoms with Crippen LogP contribution in [-0.2, 0) is 4.79 Å². The fraction of sp³-hybridized carbons (Fsp3) is 0.250. The Kier molecular flexibility index (Phi) is 7.28. The van der Waals surface area contributed by atoms with Gasteiger partial charge < -0.3 is 14.8 Å². The number of rotatable bonds is 8. The van der Waals surface area contributed by atoms with Crippen molar-refractivity contribution in [2.45, 2.75) is 19.8 Å². The quantitative estimate of drug-likeness (QED) is 0.401. The molecule has 0 bridgehead atoms. The Labute approximate surface area is 155 Å². The monoisotopic (exact) mass is 379 g/mol. The van der Waals surface area contributed by atoms with E-state index in [1.807, 2.05) is 0 Å². The molecule has 0 unspecified atom stereocenters. The Bertz CT molecular complexity index is 837. The number of anilines is 1. The molecule has 0 aliphatic carbocycles. The van der Waals surface area contributed by atoms with E-state index in [4.69, 9.17) is 9.47 Å². The Morgan fingerprint density at radius 3 is 2.59 bits per heavy atom. The molecule has 7 heteroatoms. The van der Waals surface area contributed by atoms with Crippen LogP contribution < -0.4 is 14.8 Å². The van der Waals surface area contributed by atoms with Crippen LogP contribution in [0.3, 0.4) is 0 Å². The number of benzene rings is 2. The molecule has 0 aliphatic heterocycles. The fourth-order valence-electron chi connectivity index (χ4n) is 2.20. The molecule has 0 aromatic heterocycles. The van der Waals surface area contributed by atoms with Crippen molar-refractivity contribution in [2.75, 3.05) is 19.0 Å². The number of nitrogens with one attached hydrogen (secondary N) is 1. The number of hydrogen-bond acceptors (Lipinski definition) is 3.